The SMILES string of the molecule is COC(=O)CCCNC(=O)CN1CCC[C@H]1CCCO. The summed E-state index contributed by atoms with van der Waals surface area (Å²) in [5.41, 5.74) is 0. The van der Waals surface area contributed by atoms with Gasteiger partial charge in [-0.15, -0.1) is 0 Å². The summed E-state index contributed by atoms with van der Waals surface area (Å²) in [5, 5.41) is 11.7. The van der Waals surface area contributed by atoms with Crippen LogP contribution in [-0.2, 0) is 14.3 Å². The van der Waals surface area contributed by atoms with Crippen LogP contribution in [0, 0.1) is 0 Å². The molecule has 1 amide bonds. The highest BCUT2D eigenvalue weighted by Gasteiger charge is 2.25. The first kappa shape index (κ1) is 16.9. The highest BCUT2D eigenvalue weighted by molar-refractivity contribution is 5.78. The van der Waals surface area contributed by atoms with Crippen LogP contribution in [-0.4, -0.2) is 61.3 Å². The first-order valence-electron chi connectivity index (χ1n) is 7.35. The Bertz CT molecular complexity index is 310. The average Bonchev–Trinajstić information content (AvgIpc) is 2.88. The highest BCUT2D eigenvalue weighted by Crippen LogP contribution is 2.20. The van der Waals surface area contributed by atoms with Gasteiger partial charge in [-0.3, -0.25) is 14.5 Å². The molecule has 6 nitrogen and oxygen atoms in total. The van der Waals surface area contributed by atoms with Gasteiger partial charge in [0.25, 0.3) is 0 Å². The van der Waals surface area contributed by atoms with Gasteiger partial charge in [0.2, 0.25) is 5.91 Å². The Kier molecular flexibility index (Phi) is 8.22. The van der Waals surface area contributed by atoms with E-state index in [1.54, 1.807) is 0 Å². The van der Waals surface area contributed by atoms with Crippen LogP contribution in [0.1, 0.15) is 38.5 Å². The van der Waals surface area contributed by atoms with Crippen molar-refractivity contribution in [2.24, 2.45) is 0 Å². The average molecular weight is 286 g/mol. The Balaban J connectivity index is 2.16. The Morgan fingerprint density at radius 3 is 2.90 bits per heavy atom. The van der Waals surface area contributed by atoms with Crippen LogP contribution in [0.5, 0.6) is 0 Å². The zero-order valence-corrected chi connectivity index (χ0v) is 12.3. The van der Waals surface area contributed by atoms with E-state index in [-0.39, 0.29) is 18.5 Å². The lowest BCUT2D eigenvalue weighted by molar-refractivity contribution is -0.140. The smallest absolute Gasteiger partial charge is 0.305 e. The lowest BCUT2D eigenvalue weighted by atomic mass is 10.1. The normalized spacial score (nSPS) is 19.0. The molecule has 20 heavy (non-hydrogen) atoms. The topological polar surface area (TPSA) is 78.9 Å². The number of hydrogen-bond donors (Lipinski definition) is 2. The molecule has 0 bridgehead atoms. The Labute approximate surface area is 120 Å². The summed E-state index contributed by atoms with van der Waals surface area (Å²) in [6.07, 6.45) is 4.90. The van der Waals surface area contributed by atoms with E-state index in [1.807, 2.05) is 0 Å². The van der Waals surface area contributed by atoms with E-state index < -0.39 is 0 Å². The predicted octanol–water partition coefficient (Wildman–Crippen LogP) is 0.293. The Morgan fingerprint density at radius 2 is 2.20 bits per heavy atom. The van der Waals surface area contributed by atoms with Crippen molar-refractivity contribution in [2.45, 2.75) is 44.6 Å². The molecule has 1 atom stereocenters. The van der Waals surface area contributed by atoms with Crippen LogP contribution < -0.4 is 5.32 Å². The van der Waals surface area contributed by atoms with Crippen molar-refractivity contribution < 1.29 is 19.4 Å². The monoisotopic (exact) mass is 286 g/mol. The number of nitrogens with one attached hydrogen (secondary N) is 1. The van der Waals surface area contributed by atoms with Gasteiger partial charge in [-0.05, 0) is 38.6 Å². The van der Waals surface area contributed by atoms with Gasteiger partial charge in [0.05, 0.1) is 13.7 Å². The molecule has 0 radical (unpaired) electrons. The van der Waals surface area contributed by atoms with Gasteiger partial charge in [-0.2, -0.15) is 0 Å². The van der Waals surface area contributed by atoms with E-state index in [2.05, 4.69) is 15.0 Å². The van der Waals surface area contributed by atoms with Crippen molar-refractivity contribution in [3.8, 4) is 0 Å². The lowest BCUT2D eigenvalue weighted by Crippen LogP contribution is -2.40. The molecule has 1 heterocycles. The quantitative estimate of drug-likeness (QED) is 0.470. The highest BCUT2D eigenvalue weighted by atomic mass is 16.5. The molecule has 0 saturated carbocycles. The molecule has 0 unspecified atom stereocenters. The molecule has 0 aliphatic carbocycles. The van der Waals surface area contributed by atoms with Gasteiger partial charge in [0, 0.05) is 25.6 Å². The molecule has 6 heteroatoms. The number of carbonyl (C=O) groups is 2. The fraction of sp³-hybridized carbons (Fsp3) is 0.857. The largest absolute Gasteiger partial charge is 0.469 e. The summed E-state index contributed by atoms with van der Waals surface area (Å²) in [6.45, 7) is 2.08. The second-order valence-corrected chi connectivity index (χ2v) is 5.16. The van der Waals surface area contributed by atoms with E-state index in [0.29, 0.717) is 32.0 Å². The fourth-order valence-corrected chi connectivity index (χ4v) is 2.56. The maximum Gasteiger partial charge on any atom is 0.305 e. The number of esters is 1. The summed E-state index contributed by atoms with van der Waals surface area (Å²) < 4.78 is 4.54. The molecule has 116 valence electrons. The second kappa shape index (κ2) is 9.72. The Hall–Kier alpha value is -1.14. The van der Waals surface area contributed by atoms with E-state index in [4.69, 9.17) is 5.11 Å². The molecule has 0 spiro atoms. The minimum absolute atomic E-state index is 0.00534. The first-order chi connectivity index (χ1) is 9.67. The van der Waals surface area contributed by atoms with E-state index in [1.165, 1.54) is 7.11 Å². The van der Waals surface area contributed by atoms with Crippen molar-refractivity contribution >= 4 is 11.9 Å². The molecule has 1 fully saturated rings. The van der Waals surface area contributed by atoms with Gasteiger partial charge in [-0.1, -0.05) is 0 Å². The van der Waals surface area contributed by atoms with Crippen molar-refractivity contribution in [3.63, 3.8) is 0 Å². The van der Waals surface area contributed by atoms with E-state index in [9.17, 15) is 9.59 Å². The third-order valence-electron chi connectivity index (χ3n) is 3.65. The molecule has 0 aromatic heterocycles. The van der Waals surface area contributed by atoms with Crippen molar-refractivity contribution in [1.82, 2.24) is 10.2 Å². The third-order valence-corrected chi connectivity index (χ3v) is 3.65. The van der Waals surface area contributed by atoms with E-state index in [0.717, 1.165) is 32.2 Å². The second-order valence-electron chi connectivity index (χ2n) is 5.16. The summed E-state index contributed by atoms with van der Waals surface area (Å²) >= 11 is 0. The lowest BCUT2D eigenvalue weighted by Gasteiger charge is -2.23. The van der Waals surface area contributed by atoms with Gasteiger partial charge in [0.1, 0.15) is 0 Å². The molecular weight excluding hydrogens is 260 g/mol. The van der Waals surface area contributed by atoms with Crippen LogP contribution >= 0.6 is 0 Å². The van der Waals surface area contributed by atoms with Crippen molar-refractivity contribution in [1.29, 1.82) is 0 Å². The number of nitrogens with zero attached hydrogens (tertiary/aromatic N) is 1. The van der Waals surface area contributed by atoms with Crippen LogP contribution in [0.25, 0.3) is 0 Å². The number of aliphatic hydroxyl groups excluding tert-OH is 1. The predicted molar refractivity (Wildman–Crippen MR) is 75.2 cm³/mol. The van der Waals surface area contributed by atoms with Crippen molar-refractivity contribution in [2.75, 3.05) is 33.4 Å². The third kappa shape index (κ3) is 6.34. The molecule has 1 aliphatic rings. The Morgan fingerprint density at radius 1 is 1.40 bits per heavy atom. The van der Waals surface area contributed by atoms with Crippen LogP contribution in [0.2, 0.25) is 0 Å². The first-order valence-corrected chi connectivity index (χ1v) is 7.35. The van der Waals surface area contributed by atoms with Gasteiger partial charge < -0.3 is 15.2 Å². The zero-order valence-electron chi connectivity index (χ0n) is 12.3. The number of likely N-dealkylation sites (tertiary alicyclic amines) is 1. The molecule has 2 N–H and O–H groups in total. The van der Waals surface area contributed by atoms with Crippen LogP contribution in [0.4, 0.5) is 0 Å². The molecular formula is C14H26N2O4. The maximum atomic E-state index is 11.8. The van der Waals surface area contributed by atoms with Crippen molar-refractivity contribution in [3.05, 3.63) is 0 Å². The zero-order chi connectivity index (χ0) is 14.8. The van der Waals surface area contributed by atoms with Gasteiger partial charge in [-0.25, -0.2) is 0 Å². The number of ether oxygens (including phenoxy) is 1. The summed E-state index contributed by atoms with van der Waals surface area (Å²) in [6, 6.07) is 0.419. The number of aliphatic hydroxyl groups is 1. The molecule has 1 aliphatic heterocycles. The summed E-state index contributed by atoms with van der Waals surface area (Å²) in [4.78, 5) is 24.9. The number of hydrogen-bond acceptors (Lipinski definition) is 5. The molecule has 1 saturated heterocycles. The molecule has 0 aromatic rings. The summed E-state index contributed by atoms with van der Waals surface area (Å²) in [7, 11) is 1.36. The maximum absolute atomic E-state index is 11.8. The van der Waals surface area contributed by atoms with Crippen LogP contribution in [0.15, 0.2) is 0 Å². The van der Waals surface area contributed by atoms with Crippen LogP contribution in [0.3, 0.4) is 0 Å². The minimum Gasteiger partial charge on any atom is -0.469 e. The summed E-state index contributed by atoms with van der Waals surface area (Å²) in [5.74, 6) is -0.242. The molecule has 1 rings (SSSR count). The number of methoxy groups -OCH3 is 1. The standard InChI is InChI=1S/C14H26N2O4/c1-20-14(19)7-2-8-15-13(18)11-16-9-3-5-12(16)6-4-10-17/h12,17H,2-11H2,1H3,(H,15,18)/t12-/m0/s1. The number of rotatable bonds is 9. The number of carbonyl (C=O) groups excluding carboxylic acids is 2. The minimum atomic E-state index is -0.247. The van der Waals surface area contributed by atoms with Gasteiger partial charge >= 0.3 is 5.97 Å². The molecule has 0 aromatic carbocycles. The van der Waals surface area contributed by atoms with Gasteiger partial charge in [0.15, 0.2) is 0 Å². The fourth-order valence-electron chi connectivity index (χ4n) is 2.56. The van der Waals surface area contributed by atoms with E-state index >= 15 is 0 Å². The number of amides is 1.